The zero-order chi connectivity index (χ0) is 20.6. The van der Waals surface area contributed by atoms with E-state index in [2.05, 4.69) is 58.8 Å². The van der Waals surface area contributed by atoms with Gasteiger partial charge < -0.3 is 20.5 Å². The molecule has 2 aromatic heterocycles. The van der Waals surface area contributed by atoms with Crippen molar-refractivity contribution in [2.75, 3.05) is 32.1 Å². The summed E-state index contributed by atoms with van der Waals surface area (Å²) in [6, 6.07) is 12.6. The lowest BCUT2D eigenvalue weighted by molar-refractivity contribution is 0.798. The van der Waals surface area contributed by atoms with E-state index in [1.165, 1.54) is 22.0 Å². The minimum Gasteiger partial charge on any atom is -0.363 e. The fourth-order valence-corrected chi connectivity index (χ4v) is 3.40. The van der Waals surface area contributed by atoms with Gasteiger partial charge in [-0.3, -0.25) is 0 Å². The first-order chi connectivity index (χ1) is 14.1. The minimum absolute atomic E-state index is 0. The molecule has 0 radical (unpaired) electrons. The fourth-order valence-electron chi connectivity index (χ4n) is 3.40. The Bertz CT molecular complexity index is 963. The molecule has 6 nitrogen and oxygen atoms in total. The van der Waals surface area contributed by atoms with Crippen molar-refractivity contribution >= 4 is 46.7 Å². The number of pyridine rings is 1. The first kappa shape index (κ1) is 24.0. The maximum Gasteiger partial charge on any atom is 0.191 e. The molecule has 1 aromatic carbocycles. The number of aromatic nitrogens is 2. The number of hydrogen-bond donors (Lipinski definition) is 3. The van der Waals surface area contributed by atoms with Crippen molar-refractivity contribution < 1.29 is 0 Å². The van der Waals surface area contributed by atoms with Crippen molar-refractivity contribution in [1.82, 2.24) is 20.6 Å². The number of rotatable bonds is 8. The molecule has 0 atom stereocenters. The molecule has 0 aliphatic rings. The van der Waals surface area contributed by atoms with Crippen LogP contribution in [0.15, 0.2) is 47.6 Å². The molecule has 0 saturated heterocycles. The Morgan fingerprint density at radius 3 is 2.60 bits per heavy atom. The van der Waals surface area contributed by atoms with Crippen molar-refractivity contribution in [2.45, 2.75) is 33.2 Å². The first-order valence-electron chi connectivity index (χ1n) is 10.4. The van der Waals surface area contributed by atoms with Gasteiger partial charge in [0.2, 0.25) is 0 Å². The third-order valence-corrected chi connectivity index (χ3v) is 4.95. The molecule has 0 spiro atoms. The van der Waals surface area contributed by atoms with E-state index in [1.807, 2.05) is 37.2 Å². The number of halogens is 1. The minimum atomic E-state index is 0. The van der Waals surface area contributed by atoms with Crippen molar-refractivity contribution in [3.8, 4) is 0 Å². The number of H-pyrrole nitrogens is 1. The van der Waals surface area contributed by atoms with Crippen LogP contribution in [0.3, 0.4) is 0 Å². The Morgan fingerprint density at radius 2 is 1.87 bits per heavy atom. The molecule has 3 rings (SSSR count). The van der Waals surface area contributed by atoms with Crippen LogP contribution in [0.1, 0.15) is 30.7 Å². The normalized spacial score (nSPS) is 11.3. The highest BCUT2D eigenvalue weighted by Gasteiger charge is 2.07. The molecule has 2 heterocycles. The molecule has 7 heteroatoms. The summed E-state index contributed by atoms with van der Waals surface area (Å²) in [7, 11) is 3.99. The van der Waals surface area contributed by atoms with Crippen LogP contribution in [0.5, 0.6) is 0 Å². The van der Waals surface area contributed by atoms with E-state index in [1.54, 1.807) is 0 Å². The van der Waals surface area contributed by atoms with Gasteiger partial charge in [-0.15, -0.1) is 24.0 Å². The smallest absolute Gasteiger partial charge is 0.191 e. The fraction of sp³-hybridized carbons (Fsp3) is 0.391. The monoisotopic (exact) mass is 520 g/mol. The molecule has 0 unspecified atom stereocenters. The van der Waals surface area contributed by atoms with E-state index < -0.39 is 0 Å². The van der Waals surface area contributed by atoms with Crippen LogP contribution in [0.4, 0.5) is 5.82 Å². The third-order valence-electron chi connectivity index (χ3n) is 4.95. The van der Waals surface area contributed by atoms with Crippen molar-refractivity contribution in [3.63, 3.8) is 0 Å². The van der Waals surface area contributed by atoms with Gasteiger partial charge >= 0.3 is 0 Å². The second kappa shape index (κ2) is 11.8. The summed E-state index contributed by atoms with van der Waals surface area (Å²) in [6.45, 7) is 6.46. The average molecular weight is 520 g/mol. The molecule has 3 aromatic rings. The van der Waals surface area contributed by atoms with Crippen LogP contribution in [-0.4, -0.2) is 43.1 Å². The number of nitrogens with one attached hydrogen (secondary N) is 3. The number of fused-ring (bicyclic) bond motifs is 1. The van der Waals surface area contributed by atoms with E-state index in [4.69, 9.17) is 4.99 Å². The number of aliphatic imine (C=N–C) groups is 1. The molecular formula is C23H33IN6. The molecular weight excluding hydrogens is 487 g/mol. The number of guanidine groups is 1. The summed E-state index contributed by atoms with van der Waals surface area (Å²) in [6.07, 6.45) is 4.11. The molecule has 0 bridgehead atoms. The summed E-state index contributed by atoms with van der Waals surface area (Å²) >= 11 is 0. The Hall–Kier alpha value is -2.29. The number of nitrogens with zero attached hydrogens (tertiary/aromatic N) is 3. The van der Waals surface area contributed by atoms with E-state index >= 15 is 0 Å². The molecule has 0 aliphatic heterocycles. The number of hydrogen-bond acceptors (Lipinski definition) is 3. The van der Waals surface area contributed by atoms with E-state index in [0.717, 1.165) is 43.4 Å². The third kappa shape index (κ3) is 6.10. The summed E-state index contributed by atoms with van der Waals surface area (Å²) in [5.74, 6) is 1.76. The summed E-state index contributed by atoms with van der Waals surface area (Å²) in [5, 5.41) is 8.08. The summed E-state index contributed by atoms with van der Waals surface area (Å²) in [5.41, 5.74) is 4.91. The zero-order valence-electron chi connectivity index (χ0n) is 18.3. The van der Waals surface area contributed by atoms with Gasteiger partial charge in [-0.2, -0.15) is 0 Å². The van der Waals surface area contributed by atoms with Crippen LogP contribution in [0, 0.1) is 0 Å². The van der Waals surface area contributed by atoms with E-state index in [-0.39, 0.29) is 24.0 Å². The van der Waals surface area contributed by atoms with Gasteiger partial charge in [0.05, 0.1) is 12.2 Å². The van der Waals surface area contributed by atoms with E-state index in [9.17, 15) is 0 Å². The Kier molecular flexibility index (Phi) is 9.42. The molecule has 0 aliphatic carbocycles. The second-order valence-corrected chi connectivity index (χ2v) is 7.26. The number of aromatic amines is 1. The highest BCUT2D eigenvalue weighted by molar-refractivity contribution is 14.0. The zero-order valence-corrected chi connectivity index (χ0v) is 20.7. The van der Waals surface area contributed by atoms with E-state index in [0.29, 0.717) is 6.54 Å². The number of para-hydroxylation sites is 1. The van der Waals surface area contributed by atoms with Gasteiger partial charge in [-0.1, -0.05) is 31.2 Å². The van der Waals surface area contributed by atoms with Gasteiger partial charge in [-0.25, -0.2) is 9.98 Å². The predicted octanol–water partition coefficient (Wildman–Crippen LogP) is 4.11. The number of anilines is 1. The van der Waals surface area contributed by atoms with Crippen LogP contribution >= 0.6 is 24.0 Å². The van der Waals surface area contributed by atoms with Gasteiger partial charge in [-0.05, 0) is 43.0 Å². The van der Waals surface area contributed by atoms with Gasteiger partial charge in [0.25, 0.3) is 0 Å². The standard InChI is InChI=1S/C23H32N6.HI/c1-5-17-9-7-11-20-18(15-26-22(17)20)13-14-25-23(24-6-2)27-16-19-10-8-12-21(28-19)29(3)4;/h7-12,15,26H,5-6,13-14,16H2,1-4H3,(H2,24,25,27);1H. The first-order valence-corrected chi connectivity index (χ1v) is 10.4. The summed E-state index contributed by atoms with van der Waals surface area (Å²) < 4.78 is 0. The molecule has 162 valence electrons. The molecule has 30 heavy (non-hydrogen) atoms. The van der Waals surface area contributed by atoms with Crippen molar-refractivity contribution in [1.29, 1.82) is 0 Å². The maximum absolute atomic E-state index is 4.70. The van der Waals surface area contributed by atoms with Crippen molar-refractivity contribution in [3.05, 3.63) is 59.4 Å². The maximum atomic E-state index is 4.70. The van der Waals surface area contributed by atoms with Crippen molar-refractivity contribution in [2.24, 2.45) is 4.99 Å². The lowest BCUT2D eigenvalue weighted by atomic mass is 10.1. The largest absolute Gasteiger partial charge is 0.363 e. The molecule has 0 fully saturated rings. The Balaban J connectivity index is 0.00000320. The lowest BCUT2D eigenvalue weighted by Gasteiger charge is -2.13. The lowest BCUT2D eigenvalue weighted by Crippen LogP contribution is -2.38. The predicted molar refractivity (Wildman–Crippen MR) is 138 cm³/mol. The SMILES string of the molecule is CCNC(=NCc1cccc(N(C)C)n1)NCCc1c[nH]c2c(CC)cccc12.I. The molecule has 0 amide bonds. The van der Waals surface area contributed by atoms with Gasteiger partial charge in [0.15, 0.2) is 5.96 Å². The highest BCUT2D eigenvalue weighted by Crippen LogP contribution is 2.22. The quantitative estimate of drug-likeness (QED) is 0.238. The van der Waals surface area contributed by atoms with Crippen LogP contribution in [-0.2, 0) is 19.4 Å². The highest BCUT2D eigenvalue weighted by atomic mass is 127. The van der Waals surface area contributed by atoms with Gasteiger partial charge in [0, 0.05) is 44.3 Å². The van der Waals surface area contributed by atoms with Crippen LogP contribution < -0.4 is 15.5 Å². The van der Waals surface area contributed by atoms with Gasteiger partial charge in [0.1, 0.15) is 5.82 Å². The number of benzene rings is 1. The summed E-state index contributed by atoms with van der Waals surface area (Å²) in [4.78, 5) is 14.8. The second-order valence-electron chi connectivity index (χ2n) is 7.26. The number of aryl methyl sites for hydroxylation is 1. The molecule has 3 N–H and O–H groups in total. The average Bonchev–Trinajstić information content (AvgIpc) is 3.15. The van der Waals surface area contributed by atoms with Crippen LogP contribution in [0.2, 0.25) is 0 Å². The van der Waals surface area contributed by atoms with Crippen LogP contribution in [0.25, 0.3) is 10.9 Å². The molecule has 0 saturated carbocycles. The Labute approximate surface area is 196 Å². The topological polar surface area (TPSA) is 68.3 Å². The Morgan fingerprint density at radius 1 is 1.07 bits per heavy atom.